The molecule has 14 atom stereocenters. The molecular weight excluding hydrogens is 1660 g/mol. The van der Waals surface area contributed by atoms with E-state index in [0.717, 1.165) is 43.6 Å². The van der Waals surface area contributed by atoms with E-state index in [9.17, 15) is 28.8 Å². The minimum absolute atomic E-state index is 0.0204. The van der Waals surface area contributed by atoms with Crippen molar-refractivity contribution in [3.8, 4) is 0 Å². The smallest absolute Gasteiger partial charge is 0.246 e. The van der Waals surface area contributed by atoms with Crippen molar-refractivity contribution < 1.29 is 62.3 Å². The molecule has 8 aromatic rings. The summed E-state index contributed by atoms with van der Waals surface area (Å²) in [6.45, 7) is 9.85. The van der Waals surface area contributed by atoms with E-state index in [1.807, 2.05) is 125 Å². The summed E-state index contributed by atoms with van der Waals surface area (Å²) in [5.41, 5.74) is 34.5. The number of hydrogen-bond acceptors (Lipinski definition) is 17. The first-order valence-corrected chi connectivity index (χ1v) is 45.2. The SMILES string of the molecule is CC[C@H](C)[C@H](N)C(=O)N[C@@H](CC(C)C)C(=O)N1CCC[C@H]1C(=O)N[C@@H](Cc1c[nH]c2ccccc12)C(=O)N[C@@H](CCCCN)C(=O)N[C@@H](Cc1c[nH]c2ccccc12)C(=O)N1CCC[C@H]1C(=O)N[C@@H](Cc1c[nH]c2ccccc12)C(=O)N[C@@H](Cc1c[nH]c2ccccc12)C(=O)N1CCC[C@H]1C(=O)N[C@@H](C)C(=O)N[C@@H](CCCNC(=N)N)C(=O)N[C@@H](CCCNC(=N)N)C(N)=O. The monoisotopic (exact) mass is 1790 g/mol. The highest BCUT2D eigenvalue weighted by atomic mass is 16.2. The molecule has 7 heterocycles. The van der Waals surface area contributed by atoms with Crippen LogP contribution in [0.25, 0.3) is 43.6 Å². The summed E-state index contributed by atoms with van der Waals surface area (Å²) in [6, 6.07) is 13.4. The van der Waals surface area contributed by atoms with Crippen molar-refractivity contribution in [2.45, 2.75) is 235 Å². The number of aromatic amines is 4. The fourth-order valence-electron chi connectivity index (χ4n) is 17.6. The van der Waals surface area contributed by atoms with Crippen LogP contribution in [0.2, 0.25) is 0 Å². The largest absolute Gasteiger partial charge is 0.370 e. The summed E-state index contributed by atoms with van der Waals surface area (Å²) in [5, 5.41) is 49.1. The quantitative estimate of drug-likeness (QED) is 0.0147. The van der Waals surface area contributed by atoms with Gasteiger partial charge in [-0.25, -0.2) is 0 Å². The number of primary amides is 1. The van der Waals surface area contributed by atoms with E-state index in [1.54, 1.807) is 24.8 Å². The molecule has 38 nitrogen and oxygen atoms in total. The van der Waals surface area contributed by atoms with Gasteiger partial charge in [-0.1, -0.05) is 107 Å². The van der Waals surface area contributed by atoms with Crippen LogP contribution in [0.15, 0.2) is 122 Å². The number of nitrogens with two attached hydrogens (primary N) is 5. The predicted molar refractivity (Wildman–Crippen MR) is 493 cm³/mol. The number of benzene rings is 4. The van der Waals surface area contributed by atoms with Crippen molar-refractivity contribution in [3.63, 3.8) is 0 Å². The van der Waals surface area contributed by atoms with Crippen molar-refractivity contribution >= 4 is 132 Å². The van der Waals surface area contributed by atoms with E-state index < -0.39 is 155 Å². The van der Waals surface area contributed by atoms with E-state index in [1.165, 1.54) is 21.6 Å². The standard InChI is InChI=1S/C92H127N25O13/c1-6-52(4)77(94)87(127)114-71(42-51(2)3)88(128)116-40-20-34-75(116)85(125)110-69(43-54-47-102-62-26-11-7-22-58(54)62)82(122)109-67(30-15-16-36-93)81(121)112-72(45-56-49-104-64-28-13-9-24-60(56)64)89(129)117-41-21-35-76(117)86(126)111-70(44-55-48-103-63-27-12-8-23-59(55)63)83(123)113-73(46-57-50-105-65-29-14-10-25-61(57)65)90(130)115-39-19-33-74(115)84(124)106-53(5)79(119)108-68(32-18-38-101-92(98)99)80(120)107-66(78(95)118)31-17-37-100-91(96)97/h7-14,22-29,47-53,66-77,102-105H,6,15-21,30-46,93-94H2,1-5H3,(H2,95,118)(H,106,124)(H,107,120)(H,108,119)(H,109,122)(H,110,125)(H,111,126)(H,112,121)(H,113,123)(H,114,127)(H4,96,97,100)(H4,98,99,101)/t52-,53-,66-,67-,68-,69-,70-,71-,72-,73-,74-,75-,76-,77-/m0/s1. The fourth-order valence-corrected chi connectivity index (χ4v) is 17.6. The normalized spacial score (nSPS) is 17.6. The van der Waals surface area contributed by atoms with Crippen LogP contribution >= 0.6 is 0 Å². The van der Waals surface area contributed by atoms with E-state index in [4.69, 9.17) is 39.5 Å². The number of carbonyl (C=O) groups is 13. The number of likely N-dealkylation sites (tertiary alicyclic amines) is 3. The highest BCUT2D eigenvalue weighted by Gasteiger charge is 2.45. The molecule has 3 aliphatic rings. The van der Waals surface area contributed by atoms with Gasteiger partial charge < -0.3 is 122 Å². The maximum Gasteiger partial charge on any atom is 0.246 e. The summed E-state index contributed by atoms with van der Waals surface area (Å²) >= 11 is 0. The predicted octanol–water partition coefficient (Wildman–Crippen LogP) is 1.80. The Morgan fingerprint density at radius 1 is 0.400 bits per heavy atom. The third-order valence-corrected chi connectivity index (χ3v) is 24.9. The molecule has 0 aliphatic carbocycles. The molecule has 3 saturated heterocycles. The van der Waals surface area contributed by atoms with E-state index in [2.05, 4.69) is 78.4 Å². The third kappa shape index (κ3) is 25.3. The number of nitrogens with one attached hydrogen (secondary N) is 17. The van der Waals surface area contributed by atoms with Crippen LogP contribution in [0.5, 0.6) is 0 Å². The molecule has 4 aromatic carbocycles. The average Bonchev–Trinajstić information content (AvgIpc) is 1.62. The lowest BCUT2D eigenvalue weighted by Gasteiger charge is -2.32. The van der Waals surface area contributed by atoms with E-state index >= 15 is 33.6 Å². The summed E-state index contributed by atoms with van der Waals surface area (Å²) in [6.07, 6.45) is 10.2. The molecule has 0 radical (unpaired) electrons. The van der Waals surface area contributed by atoms with Gasteiger partial charge in [0.15, 0.2) is 11.9 Å². The highest BCUT2D eigenvalue weighted by molar-refractivity contribution is 6.02. The van der Waals surface area contributed by atoms with Gasteiger partial charge in [-0.05, 0) is 162 Å². The molecule has 38 heteroatoms. The van der Waals surface area contributed by atoms with Gasteiger partial charge in [0, 0.05) is 127 Å². The zero-order chi connectivity index (χ0) is 93.4. The topological polar surface area (TPSA) is 605 Å². The van der Waals surface area contributed by atoms with Crippen molar-refractivity contribution in [2.24, 2.45) is 40.5 Å². The first-order valence-electron chi connectivity index (χ1n) is 45.2. The highest BCUT2D eigenvalue weighted by Crippen LogP contribution is 2.30. The molecule has 27 N–H and O–H groups in total. The number of nitrogens with zero attached hydrogens (tertiary/aromatic N) is 3. The van der Waals surface area contributed by atoms with Crippen molar-refractivity contribution in [1.29, 1.82) is 10.8 Å². The Kier molecular flexibility index (Phi) is 34.4. The summed E-state index contributed by atoms with van der Waals surface area (Å²) in [7, 11) is 0. The number of fused-ring (bicyclic) bond motifs is 4. The zero-order valence-electron chi connectivity index (χ0n) is 74.4. The summed E-state index contributed by atoms with van der Waals surface area (Å²) < 4.78 is 0. The first kappa shape index (κ1) is 97.2. The van der Waals surface area contributed by atoms with Gasteiger partial charge in [0.1, 0.15) is 72.5 Å². The Hall–Kier alpha value is -13.4. The van der Waals surface area contributed by atoms with Gasteiger partial charge in [-0.3, -0.25) is 73.1 Å². The number of hydrogen-bond donors (Lipinski definition) is 22. The molecule has 0 unspecified atom stereocenters. The van der Waals surface area contributed by atoms with Gasteiger partial charge in [-0.2, -0.15) is 0 Å². The van der Waals surface area contributed by atoms with Crippen LogP contribution in [0, 0.1) is 22.7 Å². The lowest BCUT2D eigenvalue weighted by Crippen LogP contribution is -2.61. The van der Waals surface area contributed by atoms with Crippen LogP contribution in [-0.4, -0.2) is 241 Å². The molecule has 4 aromatic heterocycles. The maximum atomic E-state index is 16.0. The number of amides is 13. The number of carbonyl (C=O) groups excluding carboxylic acids is 13. The zero-order valence-corrected chi connectivity index (χ0v) is 74.4. The van der Waals surface area contributed by atoms with E-state index in [0.29, 0.717) is 60.8 Å². The Morgan fingerprint density at radius 2 is 0.723 bits per heavy atom. The van der Waals surface area contributed by atoms with Crippen LogP contribution in [-0.2, 0) is 88.0 Å². The second-order valence-electron chi connectivity index (χ2n) is 34.7. The number of unbranched alkanes of at least 4 members (excludes halogenated alkanes) is 1. The number of rotatable bonds is 46. The Bertz CT molecular complexity index is 5370. The van der Waals surface area contributed by atoms with Crippen LogP contribution < -0.4 is 87.2 Å². The molecule has 0 spiro atoms. The molecule has 0 saturated carbocycles. The molecule has 698 valence electrons. The summed E-state index contributed by atoms with van der Waals surface area (Å²) in [5.74, 6) is -9.96. The number of guanidine groups is 2. The molecule has 11 rings (SSSR count). The Morgan fingerprint density at radius 3 is 1.09 bits per heavy atom. The number of H-pyrrole nitrogens is 4. The fraction of sp³-hybridized carbons (Fsp3) is 0.489. The lowest BCUT2D eigenvalue weighted by atomic mass is 9.97. The molecular formula is C92H127N25O13. The molecule has 130 heavy (non-hydrogen) atoms. The minimum Gasteiger partial charge on any atom is -0.370 e. The van der Waals surface area contributed by atoms with Gasteiger partial charge in [-0.15, -0.1) is 0 Å². The molecule has 3 aliphatic heterocycles. The van der Waals surface area contributed by atoms with Gasteiger partial charge in [0.05, 0.1) is 6.04 Å². The number of aromatic nitrogens is 4. The maximum absolute atomic E-state index is 16.0. The molecule has 0 bridgehead atoms. The third-order valence-electron chi connectivity index (χ3n) is 24.9. The minimum atomic E-state index is -1.46. The van der Waals surface area contributed by atoms with Crippen molar-refractivity contribution in [3.05, 3.63) is 144 Å². The Balaban J connectivity index is 0.844. The van der Waals surface area contributed by atoms with Gasteiger partial charge in [0.25, 0.3) is 0 Å². The van der Waals surface area contributed by atoms with Crippen LogP contribution in [0.4, 0.5) is 0 Å². The van der Waals surface area contributed by atoms with Crippen LogP contribution in [0.1, 0.15) is 153 Å². The molecule has 3 fully saturated rings. The first-order chi connectivity index (χ1) is 62.4. The van der Waals surface area contributed by atoms with E-state index in [-0.39, 0.29) is 146 Å². The lowest BCUT2D eigenvalue weighted by molar-refractivity contribution is -0.143. The average molecular weight is 1790 g/mol. The molecule has 13 amide bonds. The second-order valence-corrected chi connectivity index (χ2v) is 34.7. The van der Waals surface area contributed by atoms with Crippen molar-refractivity contribution in [2.75, 3.05) is 39.3 Å². The second kappa shape index (κ2) is 46.0. The van der Waals surface area contributed by atoms with Gasteiger partial charge in [0.2, 0.25) is 76.8 Å². The van der Waals surface area contributed by atoms with Crippen LogP contribution in [0.3, 0.4) is 0 Å². The Labute approximate surface area is 754 Å². The summed E-state index contributed by atoms with van der Waals surface area (Å²) in [4.78, 5) is 210. The number of para-hydroxylation sites is 4. The van der Waals surface area contributed by atoms with Gasteiger partial charge >= 0.3 is 0 Å². The van der Waals surface area contributed by atoms with Crippen molar-refractivity contribution in [1.82, 2.24) is 93.1 Å².